The monoisotopic (exact) mass is 495 g/mol. The zero-order valence-corrected chi connectivity index (χ0v) is 19.5. The lowest BCUT2D eigenvalue weighted by molar-refractivity contribution is -0.120. The molecule has 1 heterocycles. The third-order valence-corrected chi connectivity index (χ3v) is 5.57. The SMILES string of the molecule is CCOc1ccccc1NC(=O)c1ccc(NC2=C(Cl)C(=O)N(c3ccc(Cl)cc3)C2=O)cc1. The minimum absolute atomic E-state index is 0.0514. The van der Waals surface area contributed by atoms with Crippen LogP contribution < -0.4 is 20.3 Å². The van der Waals surface area contributed by atoms with Crippen LogP contribution in [-0.2, 0) is 9.59 Å². The fourth-order valence-corrected chi connectivity index (χ4v) is 3.67. The fraction of sp³-hybridized carbons (Fsp3) is 0.0800. The smallest absolute Gasteiger partial charge is 0.283 e. The minimum Gasteiger partial charge on any atom is -0.492 e. The molecule has 2 N–H and O–H groups in total. The lowest BCUT2D eigenvalue weighted by atomic mass is 10.1. The van der Waals surface area contributed by atoms with Crippen molar-refractivity contribution in [1.82, 2.24) is 0 Å². The summed E-state index contributed by atoms with van der Waals surface area (Å²) >= 11 is 12.1. The molecule has 0 fully saturated rings. The van der Waals surface area contributed by atoms with Crippen LogP contribution in [0, 0.1) is 0 Å². The van der Waals surface area contributed by atoms with Gasteiger partial charge in [-0.15, -0.1) is 0 Å². The highest BCUT2D eigenvalue weighted by molar-refractivity contribution is 6.53. The number of nitrogens with zero attached hydrogens (tertiary/aromatic N) is 1. The van der Waals surface area contributed by atoms with Gasteiger partial charge < -0.3 is 15.4 Å². The lowest BCUT2D eigenvalue weighted by Gasteiger charge is -2.15. The molecule has 0 spiro atoms. The molecule has 34 heavy (non-hydrogen) atoms. The van der Waals surface area contributed by atoms with E-state index in [0.717, 1.165) is 4.90 Å². The van der Waals surface area contributed by atoms with Gasteiger partial charge in [0.25, 0.3) is 17.7 Å². The summed E-state index contributed by atoms with van der Waals surface area (Å²) in [5.41, 5.74) is 1.75. The first-order valence-electron chi connectivity index (χ1n) is 10.3. The predicted octanol–water partition coefficient (Wildman–Crippen LogP) is 5.43. The van der Waals surface area contributed by atoms with E-state index in [9.17, 15) is 14.4 Å². The van der Waals surface area contributed by atoms with Crippen LogP contribution in [-0.4, -0.2) is 24.3 Å². The van der Waals surface area contributed by atoms with Crippen molar-refractivity contribution >= 4 is 58.0 Å². The molecule has 7 nitrogen and oxygen atoms in total. The zero-order chi connectivity index (χ0) is 24.2. The Bertz CT molecular complexity index is 1290. The number of imide groups is 1. The van der Waals surface area contributed by atoms with E-state index >= 15 is 0 Å². The summed E-state index contributed by atoms with van der Waals surface area (Å²) in [4.78, 5) is 39.1. The number of halogens is 2. The number of ether oxygens (including phenoxy) is 1. The van der Waals surface area contributed by atoms with Crippen LogP contribution >= 0.6 is 23.2 Å². The van der Waals surface area contributed by atoms with E-state index in [2.05, 4.69) is 10.6 Å². The molecule has 0 atom stereocenters. The Kier molecular flexibility index (Phi) is 6.86. The summed E-state index contributed by atoms with van der Waals surface area (Å²) < 4.78 is 5.53. The number of hydrogen-bond acceptors (Lipinski definition) is 5. The summed E-state index contributed by atoms with van der Waals surface area (Å²) in [6.45, 7) is 2.34. The Labute approximate surface area is 205 Å². The molecule has 1 aliphatic rings. The third kappa shape index (κ3) is 4.76. The van der Waals surface area contributed by atoms with Crippen molar-refractivity contribution in [1.29, 1.82) is 0 Å². The van der Waals surface area contributed by atoms with Crippen molar-refractivity contribution in [2.45, 2.75) is 6.92 Å². The number of carbonyl (C=O) groups excluding carboxylic acids is 3. The number of para-hydroxylation sites is 2. The van der Waals surface area contributed by atoms with Crippen molar-refractivity contribution in [2.24, 2.45) is 0 Å². The minimum atomic E-state index is -0.638. The Morgan fingerprint density at radius 3 is 2.26 bits per heavy atom. The van der Waals surface area contributed by atoms with E-state index in [4.69, 9.17) is 27.9 Å². The van der Waals surface area contributed by atoms with Crippen LogP contribution in [0.15, 0.2) is 83.5 Å². The molecule has 0 radical (unpaired) electrons. The largest absolute Gasteiger partial charge is 0.492 e. The van der Waals surface area contributed by atoms with Crippen molar-refractivity contribution in [3.05, 3.63) is 94.1 Å². The van der Waals surface area contributed by atoms with E-state index in [1.807, 2.05) is 13.0 Å². The second-order valence-electron chi connectivity index (χ2n) is 7.20. The summed E-state index contributed by atoms with van der Waals surface area (Å²) in [6.07, 6.45) is 0. The molecule has 3 aromatic rings. The number of amides is 3. The maximum Gasteiger partial charge on any atom is 0.283 e. The first kappa shape index (κ1) is 23.4. The molecule has 3 aromatic carbocycles. The lowest BCUT2D eigenvalue weighted by Crippen LogP contribution is -2.32. The standard InChI is InChI=1S/C25H19Cl2N3O4/c1-2-34-20-6-4-3-5-19(20)29-23(31)15-7-11-17(12-8-15)28-22-21(27)24(32)30(25(22)33)18-13-9-16(26)10-14-18/h3-14,28H,2H2,1H3,(H,29,31). The summed E-state index contributed by atoms with van der Waals surface area (Å²) in [7, 11) is 0. The van der Waals surface area contributed by atoms with Gasteiger partial charge in [0.2, 0.25) is 0 Å². The molecule has 0 aromatic heterocycles. The van der Waals surface area contributed by atoms with Crippen LogP contribution in [0.1, 0.15) is 17.3 Å². The Morgan fingerprint density at radius 2 is 1.59 bits per heavy atom. The Balaban J connectivity index is 1.47. The molecular weight excluding hydrogens is 477 g/mol. The first-order valence-corrected chi connectivity index (χ1v) is 11.1. The van der Waals surface area contributed by atoms with E-state index in [0.29, 0.717) is 40.0 Å². The molecule has 0 aliphatic carbocycles. The van der Waals surface area contributed by atoms with E-state index < -0.39 is 11.8 Å². The van der Waals surface area contributed by atoms with Gasteiger partial charge in [-0.05, 0) is 67.6 Å². The van der Waals surface area contributed by atoms with E-state index in [1.165, 1.54) is 0 Å². The zero-order valence-electron chi connectivity index (χ0n) is 18.0. The highest BCUT2D eigenvalue weighted by Crippen LogP contribution is 2.31. The van der Waals surface area contributed by atoms with Crippen molar-refractivity contribution < 1.29 is 19.1 Å². The molecule has 9 heteroatoms. The number of nitrogens with one attached hydrogen (secondary N) is 2. The van der Waals surface area contributed by atoms with Gasteiger partial charge >= 0.3 is 0 Å². The average Bonchev–Trinajstić information content (AvgIpc) is 3.04. The number of anilines is 3. The molecule has 4 rings (SSSR count). The topological polar surface area (TPSA) is 87.7 Å². The molecule has 172 valence electrons. The molecule has 3 amide bonds. The maximum atomic E-state index is 12.9. The van der Waals surface area contributed by atoms with Crippen LogP contribution in [0.3, 0.4) is 0 Å². The van der Waals surface area contributed by atoms with Crippen LogP contribution in [0.5, 0.6) is 5.75 Å². The van der Waals surface area contributed by atoms with Gasteiger partial charge in [0.1, 0.15) is 16.5 Å². The Hall–Kier alpha value is -3.81. The van der Waals surface area contributed by atoms with Gasteiger partial charge in [0.15, 0.2) is 0 Å². The fourth-order valence-electron chi connectivity index (χ4n) is 3.33. The predicted molar refractivity (Wildman–Crippen MR) is 132 cm³/mol. The van der Waals surface area contributed by atoms with Crippen molar-refractivity contribution in [3.63, 3.8) is 0 Å². The van der Waals surface area contributed by atoms with Crippen LogP contribution in [0.2, 0.25) is 5.02 Å². The average molecular weight is 496 g/mol. The number of carbonyl (C=O) groups is 3. The number of hydrogen-bond donors (Lipinski definition) is 2. The van der Waals surface area contributed by atoms with E-state index in [1.54, 1.807) is 66.7 Å². The first-order chi connectivity index (χ1) is 16.4. The van der Waals surface area contributed by atoms with Gasteiger partial charge in [-0.2, -0.15) is 0 Å². The second kappa shape index (κ2) is 9.99. The second-order valence-corrected chi connectivity index (χ2v) is 8.01. The van der Waals surface area contributed by atoms with Gasteiger partial charge in [-0.3, -0.25) is 14.4 Å². The maximum absolute atomic E-state index is 12.9. The molecule has 0 unspecified atom stereocenters. The summed E-state index contributed by atoms with van der Waals surface area (Å²) in [5, 5.41) is 5.95. The molecule has 0 saturated carbocycles. The van der Waals surface area contributed by atoms with E-state index in [-0.39, 0.29) is 16.6 Å². The van der Waals surface area contributed by atoms with Crippen molar-refractivity contribution in [3.8, 4) is 5.75 Å². The van der Waals surface area contributed by atoms with Gasteiger partial charge in [0, 0.05) is 16.3 Å². The van der Waals surface area contributed by atoms with Crippen LogP contribution in [0.25, 0.3) is 0 Å². The van der Waals surface area contributed by atoms with Crippen molar-refractivity contribution in [2.75, 3.05) is 22.1 Å². The third-order valence-electron chi connectivity index (χ3n) is 4.96. The number of rotatable bonds is 7. The quantitative estimate of drug-likeness (QED) is 0.426. The summed E-state index contributed by atoms with van der Waals surface area (Å²) in [5.74, 6) is -0.975. The van der Waals surface area contributed by atoms with Gasteiger partial charge in [0.05, 0.1) is 18.0 Å². The van der Waals surface area contributed by atoms with Gasteiger partial charge in [-0.1, -0.05) is 35.3 Å². The molecule has 0 bridgehead atoms. The van der Waals surface area contributed by atoms with Gasteiger partial charge in [-0.25, -0.2) is 4.90 Å². The molecular formula is C25H19Cl2N3O4. The number of benzene rings is 3. The Morgan fingerprint density at radius 1 is 0.912 bits per heavy atom. The highest BCUT2D eigenvalue weighted by Gasteiger charge is 2.38. The molecule has 1 aliphatic heterocycles. The molecule has 0 saturated heterocycles. The van der Waals surface area contributed by atoms with Crippen LogP contribution in [0.4, 0.5) is 17.1 Å². The summed E-state index contributed by atoms with van der Waals surface area (Å²) in [6, 6.07) is 19.8. The normalized spacial score (nSPS) is 13.3. The highest BCUT2D eigenvalue weighted by atomic mass is 35.5.